The number of hydrogen-bond acceptors (Lipinski definition) is 6. The van der Waals surface area contributed by atoms with E-state index in [4.69, 9.17) is 39.5 Å². The first-order chi connectivity index (χ1) is 20.0. The number of amides is 4. The third-order valence-corrected chi connectivity index (χ3v) is 11.0. The van der Waals surface area contributed by atoms with E-state index in [0.717, 1.165) is 4.90 Å². The molecule has 218 valence electrons. The largest absolute Gasteiger partial charge is 0.504 e. The molecular formula is C30H24BrCl3N2O6. The van der Waals surface area contributed by atoms with Crippen molar-refractivity contribution in [2.45, 2.75) is 22.6 Å². The van der Waals surface area contributed by atoms with E-state index in [-0.39, 0.29) is 35.7 Å². The summed E-state index contributed by atoms with van der Waals surface area (Å²) in [7, 11) is 1.43. The van der Waals surface area contributed by atoms with Crippen molar-refractivity contribution >= 4 is 86.1 Å². The zero-order chi connectivity index (χ0) is 30.1. The second-order valence-corrected chi connectivity index (χ2v) is 13.0. The predicted molar refractivity (Wildman–Crippen MR) is 162 cm³/mol. The van der Waals surface area contributed by atoms with E-state index < -0.39 is 51.1 Å². The normalized spacial score (nSPS) is 32.3. The highest BCUT2D eigenvalue weighted by molar-refractivity contribution is 9.09. The molecule has 2 aromatic rings. The lowest BCUT2D eigenvalue weighted by Gasteiger charge is -2.49. The molecule has 42 heavy (non-hydrogen) atoms. The minimum absolute atomic E-state index is 0.0406. The van der Waals surface area contributed by atoms with Crippen molar-refractivity contribution in [2.24, 2.45) is 23.7 Å². The zero-order valence-corrected chi connectivity index (χ0v) is 26.0. The first-order valence-corrected chi connectivity index (χ1v) is 15.4. The van der Waals surface area contributed by atoms with Crippen LogP contribution < -0.4 is 9.64 Å². The average Bonchev–Trinajstić information content (AvgIpc) is 3.31. The standard InChI is InChI=1S/C30H24BrCl3N2O6/c1-42-23-12-15(3-11-22(23)37)2-10-21-18-8-9-19-24(26(39)36(25(19)38)17-6-4-16(32)5-7-17)20(18)13-29(33)27(40)35(14-31)28(41)30(21,29)34/h2-8,10-12,19-21,24,37H,9,13-14H2,1H3/t19-,20+,21-,24-,29+,30-/m0/s1. The number of benzene rings is 2. The van der Waals surface area contributed by atoms with Gasteiger partial charge in [-0.25, -0.2) is 0 Å². The van der Waals surface area contributed by atoms with Crippen molar-refractivity contribution in [3.8, 4) is 11.5 Å². The molecule has 6 atom stereocenters. The van der Waals surface area contributed by atoms with Gasteiger partial charge in [-0.05, 0) is 60.7 Å². The van der Waals surface area contributed by atoms with Gasteiger partial charge >= 0.3 is 0 Å². The maximum Gasteiger partial charge on any atom is 0.254 e. The van der Waals surface area contributed by atoms with Crippen LogP contribution in [0.15, 0.2) is 60.2 Å². The minimum Gasteiger partial charge on any atom is -0.504 e. The number of allylic oxidation sites excluding steroid dienone is 3. The van der Waals surface area contributed by atoms with Gasteiger partial charge in [0.25, 0.3) is 11.8 Å². The molecule has 0 aromatic heterocycles. The first kappa shape index (κ1) is 29.2. The molecule has 2 saturated heterocycles. The van der Waals surface area contributed by atoms with Gasteiger partial charge in [-0.2, -0.15) is 0 Å². The number of likely N-dealkylation sites (tertiary alicyclic amines) is 1. The summed E-state index contributed by atoms with van der Waals surface area (Å²) in [6.07, 6.45) is 5.44. The Balaban J connectivity index is 1.46. The summed E-state index contributed by atoms with van der Waals surface area (Å²) in [6.45, 7) is 0. The predicted octanol–water partition coefficient (Wildman–Crippen LogP) is 5.52. The van der Waals surface area contributed by atoms with E-state index in [1.165, 1.54) is 18.1 Å². The Morgan fingerprint density at radius 1 is 1.05 bits per heavy atom. The van der Waals surface area contributed by atoms with E-state index in [2.05, 4.69) is 15.9 Å². The molecule has 0 radical (unpaired) electrons. The average molecular weight is 695 g/mol. The van der Waals surface area contributed by atoms with Gasteiger partial charge in [0.05, 0.1) is 30.1 Å². The first-order valence-electron chi connectivity index (χ1n) is 13.2. The summed E-state index contributed by atoms with van der Waals surface area (Å²) >= 11 is 23.6. The SMILES string of the molecule is COc1cc(C=C[C@H]2C3=CC[C@@H]4C(=O)N(c5ccc(Cl)cc5)C(=O)[C@@H]4[C@@H]3C[C@@]3(Cl)C(=O)N(CBr)C(=O)[C@@]23Cl)ccc1O. The van der Waals surface area contributed by atoms with Gasteiger partial charge < -0.3 is 9.84 Å². The molecule has 3 fully saturated rings. The molecule has 6 rings (SSSR count). The highest BCUT2D eigenvalue weighted by atomic mass is 79.9. The number of carbonyl (C=O) groups excluding carboxylic acids is 4. The molecule has 2 aliphatic carbocycles. The number of fused-ring (bicyclic) bond motifs is 4. The van der Waals surface area contributed by atoms with Crippen LogP contribution in [0.2, 0.25) is 5.02 Å². The summed E-state index contributed by atoms with van der Waals surface area (Å²) in [5.74, 6) is -4.79. The Hall–Kier alpha value is -2.85. The number of nitrogens with zero attached hydrogens (tertiary/aromatic N) is 2. The van der Waals surface area contributed by atoms with Crippen molar-refractivity contribution in [3.05, 3.63) is 70.8 Å². The molecule has 0 bridgehead atoms. The van der Waals surface area contributed by atoms with Gasteiger partial charge in [-0.3, -0.25) is 29.0 Å². The van der Waals surface area contributed by atoms with Crippen LogP contribution in [0.25, 0.3) is 6.08 Å². The van der Waals surface area contributed by atoms with E-state index in [1.54, 1.807) is 48.6 Å². The number of rotatable bonds is 5. The van der Waals surface area contributed by atoms with Crippen molar-refractivity contribution in [1.29, 1.82) is 0 Å². The van der Waals surface area contributed by atoms with Gasteiger partial charge in [-0.15, -0.1) is 23.2 Å². The molecule has 0 unspecified atom stereocenters. The minimum atomic E-state index is -1.88. The van der Waals surface area contributed by atoms with E-state index in [9.17, 15) is 24.3 Å². The Kier molecular flexibility index (Phi) is 7.24. The number of hydrogen-bond donors (Lipinski definition) is 1. The molecule has 0 spiro atoms. The van der Waals surface area contributed by atoms with E-state index >= 15 is 0 Å². The molecule has 1 N–H and O–H groups in total. The number of imide groups is 2. The number of carbonyl (C=O) groups is 4. The van der Waals surface area contributed by atoms with Crippen LogP contribution in [-0.2, 0) is 19.2 Å². The second kappa shape index (κ2) is 10.4. The Morgan fingerprint density at radius 3 is 2.43 bits per heavy atom. The molecule has 12 heteroatoms. The lowest BCUT2D eigenvalue weighted by molar-refractivity contribution is -0.138. The summed E-state index contributed by atoms with van der Waals surface area (Å²) in [5.41, 5.74) is 1.62. The fourth-order valence-corrected chi connectivity index (χ4v) is 8.36. The third-order valence-electron chi connectivity index (χ3n) is 8.84. The number of halogens is 4. The van der Waals surface area contributed by atoms with Gasteiger partial charge in [0.1, 0.15) is 0 Å². The smallest absolute Gasteiger partial charge is 0.254 e. The van der Waals surface area contributed by atoms with Crippen molar-refractivity contribution in [2.75, 3.05) is 17.5 Å². The molecule has 4 aliphatic rings. The third kappa shape index (κ3) is 4.00. The van der Waals surface area contributed by atoms with Crippen LogP contribution in [0.4, 0.5) is 5.69 Å². The molecule has 8 nitrogen and oxygen atoms in total. The Bertz CT molecular complexity index is 1600. The highest BCUT2D eigenvalue weighted by Gasteiger charge is 2.75. The maximum absolute atomic E-state index is 14.0. The lowest BCUT2D eigenvalue weighted by Crippen LogP contribution is -2.60. The molecule has 2 aliphatic heterocycles. The highest BCUT2D eigenvalue weighted by Crippen LogP contribution is 2.63. The Labute approximate surface area is 265 Å². The molecule has 4 amide bonds. The second-order valence-electron chi connectivity index (χ2n) is 10.8. The van der Waals surface area contributed by atoms with Crippen LogP contribution in [0.5, 0.6) is 11.5 Å². The fourth-order valence-electron chi connectivity index (χ4n) is 6.85. The number of phenols is 1. The summed E-state index contributed by atoms with van der Waals surface area (Å²) in [6, 6.07) is 11.2. The molecule has 2 aromatic carbocycles. The fraction of sp³-hybridized carbons (Fsp3) is 0.333. The number of anilines is 1. The van der Waals surface area contributed by atoms with Gasteiger partial charge in [0.2, 0.25) is 11.8 Å². The van der Waals surface area contributed by atoms with E-state index in [1.807, 2.05) is 6.08 Å². The van der Waals surface area contributed by atoms with Crippen molar-refractivity contribution < 1.29 is 29.0 Å². The van der Waals surface area contributed by atoms with E-state index in [0.29, 0.717) is 21.8 Å². The van der Waals surface area contributed by atoms with Crippen molar-refractivity contribution in [1.82, 2.24) is 4.90 Å². The molecule has 1 saturated carbocycles. The van der Waals surface area contributed by atoms with Crippen molar-refractivity contribution in [3.63, 3.8) is 0 Å². The monoisotopic (exact) mass is 692 g/mol. The van der Waals surface area contributed by atoms with Gasteiger partial charge in [-0.1, -0.05) is 57.4 Å². The molecular weight excluding hydrogens is 671 g/mol. The number of ether oxygens (including phenoxy) is 1. The quantitative estimate of drug-likeness (QED) is 0.192. The maximum atomic E-state index is 14.0. The lowest BCUT2D eigenvalue weighted by atomic mass is 9.57. The van der Waals surface area contributed by atoms with Gasteiger partial charge in [0.15, 0.2) is 21.2 Å². The van der Waals surface area contributed by atoms with Gasteiger partial charge in [0, 0.05) is 10.9 Å². The summed E-state index contributed by atoms with van der Waals surface area (Å²) < 4.78 is 5.22. The van der Waals surface area contributed by atoms with Crippen LogP contribution in [-0.4, -0.2) is 55.9 Å². The number of methoxy groups -OCH3 is 1. The van der Waals surface area contributed by atoms with Crippen LogP contribution in [0.3, 0.4) is 0 Å². The van der Waals surface area contributed by atoms with Crippen LogP contribution in [0, 0.1) is 23.7 Å². The summed E-state index contributed by atoms with van der Waals surface area (Å²) in [5, 5.41) is 10.5. The summed E-state index contributed by atoms with van der Waals surface area (Å²) in [4.78, 5) is 53.4. The van der Waals surface area contributed by atoms with Crippen LogP contribution >= 0.6 is 50.7 Å². The Morgan fingerprint density at radius 2 is 1.76 bits per heavy atom. The number of phenolic OH excluding ortho intramolecular Hbond substituents is 1. The number of alkyl halides is 3. The van der Waals surface area contributed by atoms with Crippen LogP contribution in [0.1, 0.15) is 18.4 Å². The number of aromatic hydroxyl groups is 1. The molecule has 2 heterocycles. The topological polar surface area (TPSA) is 104 Å². The zero-order valence-electron chi connectivity index (χ0n) is 22.1.